The molecule has 0 unspecified atom stereocenters. The van der Waals surface area contributed by atoms with Crippen molar-refractivity contribution in [3.05, 3.63) is 28.8 Å². The Bertz CT molecular complexity index is 740. The van der Waals surface area contributed by atoms with E-state index in [1.807, 2.05) is 19.1 Å². The number of rotatable bonds is 7. The van der Waals surface area contributed by atoms with Crippen LogP contribution in [0, 0.1) is 12.8 Å². The summed E-state index contributed by atoms with van der Waals surface area (Å²) in [6, 6.07) is 5.44. The molecule has 1 saturated heterocycles. The van der Waals surface area contributed by atoms with Crippen molar-refractivity contribution in [2.75, 3.05) is 40.3 Å². The summed E-state index contributed by atoms with van der Waals surface area (Å²) in [6.07, 6.45) is 1.35. The largest absolute Gasteiger partial charge is 0.492 e. The molecule has 9 heteroatoms. The molecule has 26 heavy (non-hydrogen) atoms. The van der Waals surface area contributed by atoms with E-state index in [0.29, 0.717) is 43.3 Å². The van der Waals surface area contributed by atoms with E-state index in [4.69, 9.17) is 16.3 Å². The highest BCUT2D eigenvalue weighted by atomic mass is 35.5. The van der Waals surface area contributed by atoms with Crippen LogP contribution in [0.15, 0.2) is 18.2 Å². The lowest BCUT2D eigenvalue weighted by Crippen LogP contribution is -2.49. The van der Waals surface area contributed by atoms with Crippen LogP contribution in [-0.2, 0) is 15.0 Å². The number of nitrogens with one attached hydrogen (secondary N) is 1. The highest BCUT2D eigenvalue weighted by Gasteiger charge is 2.33. The highest BCUT2D eigenvalue weighted by molar-refractivity contribution is 7.86. The molecule has 0 aromatic heterocycles. The van der Waals surface area contributed by atoms with Gasteiger partial charge in [0, 0.05) is 32.2 Å². The quantitative estimate of drug-likeness (QED) is 0.702. The summed E-state index contributed by atoms with van der Waals surface area (Å²) in [4.78, 5) is 12.3. The number of benzene rings is 1. The number of piperidine rings is 1. The van der Waals surface area contributed by atoms with Crippen LogP contribution in [0.4, 0.5) is 0 Å². The molecule has 0 saturated carbocycles. The first-order valence-electron chi connectivity index (χ1n) is 8.56. The molecule has 0 radical (unpaired) electrons. The number of ether oxygens (including phenoxy) is 1. The summed E-state index contributed by atoms with van der Waals surface area (Å²) >= 11 is 6.04. The molecule has 1 aliphatic heterocycles. The third-order valence-corrected chi connectivity index (χ3v) is 6.67. The number of hydrogen-bond donors (Lipinski definition) is 1. The van der Waals surface area contributed by atoms with Crippen molar-refractivity contribution in [3.63, 3.8) is 0 Å². The Hall–Kier alpha value is -1.35. The molecule has 1 aromatic carbocycles. The maximum atomic E-state index is 12.3. The lowest BCUT2D eigenvalue weighted by atomic mass is 9.99. The van der Waals surface area contributed by atoms with Gasteiger partial charge in [0.15, 0.2) is 0 Å². The summed E-state index contributed by atoms with van der Waals surface area (Å²) in [5.74, 6) is 0.164. The van der Waals surface area contributed by atoms with Crippen LogP contribution in [0.5, 0.6) is 5.75 Å². The predicted molar refractivity (Wildman–Crippen MR) is 102 cm³/mol. The third-order valence-electron chi connectivity index (χ3n) is 4.36. The molecule has 1 aromatic rings. The molecule has 0 aliphatic carbocycles. The zero-order chi connectivity index (χ0) is 19.3. The predicted octanol–water partition coefficient (Wildman–Crippen LogP) is 1.66. The van der Waals surface area contributed by atoms with E-state index in [0.717, 1.165) is 5.56 Å². The van der Waals surface area contributed by atoms with Crippen LogP contribution in [0.1, 0.15) is 18.4 Å². The molecule has 1 N–H and O–H groups in total. The number of halogens is 1. The number of carbonyl (C=O) groups is 1. The second kappa shape index (κ2) is 9.03. The van der Waals surface area contributed by atoms with Gasteiger partial charge in [-0.05, 0) is 37.5 Å². The van der Waals surface area contributed by atoms with Gasteiger partial charge < -0.3 is 10.1 Å². The van der Waals surface area contributed by atoms with Crippen molar-refractivity contribution in [3.8, 4) is 5.75 Å². The second-order valence-electron chi connectivity index (χ2n) is 6.54. The minimum Gasteiger partial charge on any atom is -0.492 e. The average molecular weight is 404 g/mol. The summed E-state index contributed by atoms with van der Waals surface area (Å²) in [6.45, 7) is 3.23. The molecular weight excluding hydrogens is 378 g/mol. The van der Waals surface area contributed by atoms with Crippen molar-refractivity contribution in [1.82, 2.24) is 13.9 Å². The Kier molecular flexibility index (Phi) is 7.28. The van der Waals surface area contributed by atoms with E-state index in [1.165, 1.54) is 22.7 Å². The fourth-order valence-electron chi connectivity index (χ4n) is 2.75. The van der Waals surface area contributed by atoms with Crippen LogP contribution < -0.4 is 10.1 Å². The van der Waals surface area contributed by atoms with Crippen molar-refractivity contribution < 1.29 is 17.9 Å². The Morgan fingerprint density at radius 2 is 2.15 bits per heavy atom. The molecule has 1 atom stereocenters. The molecule has 1 aliphatic rings. The third kappa shape index (κ3) is 5.33. The lowest BCUT2D eigenvalue weighted by Gasteiger charge is -2.32. The smallest absolute Gasteiger partial charge is 0.281 e. The van der Waals surface area contributed by atoms with Gasteiger partial charge >= 0.3 is 0 Å². The van der Waals surface area contributed by atoms with E-state index in [2.05, 4.69) is 5.32 Å². The topological polar surface area (TPSA) is 79.0 Å². The van der Waals surface area contributed by atoms with Crippen molar-refractivity contribution in [2.45, 2.75) is 19.8 Å². The Morgan fingerprint density at radius 1 is 1.42 bits per heavy atom. The van der Waals surface area contributed by atoms with Gasteiger partial charge in [-0.1, -0.05) is 17.7 Å². The summed E-state index contributed by atoms with van der Waals surface area (Å²) in [5.41, 5.74) is 0.974. The minimum absolute atomic E-state index is 0.144. The van der Waals surface area contributed by atoms with Crippen LogP contribution in [0.2, 0.25) is 5.02 Å². The van der Waals surface area contributed by atoms with Gasteiger partial charge in [-0.3, -0.25) is 4.79 Å². The standard InChI is InChI=1S/C17H26ClN3O4S/c1-13-6-7-15(11-16(13)18)25-10-8-19-17(22)14-5-4-9-21(12-14)26(23,24)20(2)3/h6-7,11,14H,4-5,8-10,12H2,1-3H3,(H,19,22)/t14-/m0/s1. The summed E-state index contributed by atoms with van der Waals surface area (Å²) in [5, 5.41) is 3.45. The first-order valence-corrected chi connectivity index (χ1v) is 10.3. The van der Waals surface area contributed by atoms with Gasteiger partial charge in [-0.25, -0.2) is 0 Å². The summed E-state index contributed by atoms with van der Waals surface area (Å²) in [7, 11) is -0.498. The van der Waals surface area contributed by atoms with Gasteiger partial charge in [0.2, 0.25) is 5.91 Å². The van der Waals surface area contributed by atoms with Crippen LogP contribution in [-0.4, -0.2) is 63.3 Å². The van der Waals surface area contributed by atoms with E-state index in [1.54, 1.807) is 6.07 Å². The number of nitrogens with zero attached hydrogens (tertiary/aromatic N) is 2. The number of aryl methyl sites for hydroxylation is 1. The molecule has 1 amide bonds. The number of carbonyl (C=O) groups excluding carboxylic acids is 1. The highest BCUT2D eigenvalue weighted by Crippen LogP contribution is 2.22. The molecule has 1 heterocycles. The van der Waals surface area contributed by atoms with E-state index >= 15 is 0 Å². The molecule has 0 spiro atoms. The number of hydrogen-bond acceptors (Lipinski definition) is 4. The molecule has 1 fully saturated rings. The van der Waals surface area contributed by atoms with E-state index in [-0.39, 0.29) is 18.4 Å². The molecule has 0 bridgehead atoms. The molecule has 146 valence electrons. The van der Waals surface area contributed by atoms with Crippen LogP contribution >= 0.6 is 11.6 Å². The van der Waals surface area contributed by atoms with Crippen molar-refractivity contribution >= 4 is 27.7 Å². The SMILES string of the molecule is Cc1ccc(OCCNC(=O)[C@H]2CCCN(S(=O)(=O)N(C)C)C2)cc1Cl. The zero-order valence-electron chi connectivity index (χ0n) is 15.4. The van der Waals surface area contributed by atoms with Gasteiger partial charge in [-0.2, -0.15) is 17.0 Å². The molecular formula is C17H26ClN3O4S. The normalized spacial score (nSPS) is 18.7. The second-order valence-corrected chi connectivity index (χ2v) is 9.09. The first-order chi connectivity index (χ1) is 12.2. The lowest BCUT2D eigenvalue weighted by molar-refractivity contribution is -0.126. The maximum Gasteiger partial charge on any atom is 0.281 e. The molecule has 7 nitrogen and oxygen atoms in total. The Balaban J connectivity index is 1.79. The van der Waals surface area contributed by atoms with Gasteiger partial charge in [0.1, 0.15) is 12.4 Å². The maximum absolute atomic E-state index is 12.3. The van der Waals surface area contributed by atoms with E-state index < -0.39 is 10.2 Å². The van der Waals surface area contributed by atoms with Gasteiger partial charge in [-0.15, -0.1) is 0 Å². The van der Waals surface area contributed by atoms with Crippen molar-refractivity contribution in [2.24, 2.45) is 5.92 Å². The monoisotopic (exact) mass is 403 g/mol. The molecule has 2 rings (SSSR count). The average Bonchev–Trinajstić information content (AvgIpc) is 2.61. The van der Waals surface area contributed by atoms with Crippen LogP contribution in [0.3, 0.4) is 0 Å². The first kappa shape index (κ1) is 21.0. The van der Waals surface area contributed by atoms with Crippen LogP contribution in [0.25, 0.3) is 0 Å². The Labute approximate surface area is 160 Å². The summed E-state index contributed by atoms with van der Waals surface area (Å²) < 4.78 is 32.5. The minimum atomic E-state index is -3.49. The van der Waals surface area contributed by atoms with E-state index in [9.17, 15) is 13.2 Å². The zero-order valence-corrected chi connectivity index (χ0v) is 16.9. The van der Waals surface area contributed by atoms with Crippen molar-refractivity contribution in [1.29, 1.82) is 0 Å². The fraction of sp³-hybridized carbons (Fsp3) is 0.588. The Morgan fingerprint density at radius 3 is 2.81 bits per heavy atom. The van der Waals surface area contributed by atoms with Gasteiger partial charge in [0.25, 0.3) is 10.2 Å². The van der Waals surface area contributed by atoms with Gasteiger partial charge in [0.05, 0.1) is 12.5 Å². The number of amides is 1. The fourth-order valence-corrected chi connectivity index (χ4v) is 4.11.